The highest BCUT2D eigenvalue weighted by Gasteiger charge is 2.60. The van der Waals surface area contributed by atoms with Crippen LogP contribution >= 0.6 is 0 Å². The number of nitrogens with one attached hydrogen (secondary N) is 5. The van der Waals surface area contributed by atoms with Crippen molar-refractivity contribution in [3.8, 4) is 0 Å². The molecule has 23 N–H and O–H groups in total. The summed E-state index contributed by atoms with van der Waals surface area (Å²) in [6.07, 6.45) is -65.7. The Hall–Kier alpha value is -4.06. The predicted octanol–water partition coefficient (Wildman–Crippen LogP) is -10.9. The normalized spacial score (nSPS) is 41.9. The van der Waals surface area contributed by atoms with E-state index in [1.807, 2.05) is 27.7 Å². The minimum Gasteiger partial charge on any atom is -0.394 e. The summed E-state index contributed by atoms with van der Waals surface area (Å²) in [5.41, 5.74) is -1.55. The Kier molecular flexibility index (Phi) is 36.6. The van der Waals surface area contributed by atoms with Gasteiger partial charge in [-0.1, -0.05) is 48.5 Å². The standard InChI is InChI=1S/C62H105N5O37.2C2H6/c1-19(74)63-32-25(12-23(78)11-24(67-62(8,9)10)53(91)61(5,6)7)92-30(17-72)48(42(32)85)98-56-35(66-22(4)77)43(86)49(31(18-73)97-56)99-57-46(89)50(100-59-51(44(87)38(81)28(15-70)95-59)101-54-33(64-20(2)75)40(83)36(79)26(13-68)93-54)47(90)58(103-57)104-60-52(45(88)39(82)29(16-71)96-60)102-55-34(65-21(3)76)41(84)37(80)27(14-69)94-55;2*1-2/h24-52,54-60,67-73,79-90H,11-18H2,1-10H3,(H,63,74)(H,64,75)(H,65,76)(H,66,77);2*1-2H3/t24-,25?,26?,27?,28?,29?,30?,31?,32?,33?,34?,35?,36?,37?,38?,39?,40?,41?,42?,43?,44?,45?,46?,47?,48?,49?,50?,51?,52?,54?,55?,56?,57?,58?,59?,60?;;/m0../s1. The number of Topliss-reactive ketones (excluding diaryl/α,β-unsaturated/α-hetero) is 2. The van der Waals surface area contributed by atoms with Gasteiger partial charge in [0.05, 0.1) is 57.8 Å². The third kappa shape index (κ3) is 23.3. The first-order chi connectivity index (χ1) is 50.6. The number of ether oxygens (including phenoxy) is 13. The quantitative estimate of drug-likeness (QED) is 0.0346. The van der Waals surface area contributed by atoms with Crippen molar-refractivity contribution in [2.75, 3.05) is 39.6 Å². The zero-order valence-electron chi connectivity index (χ0n) is 62.7. The maximum absolute atomic E-state index is 14.0. The summed E-state index contributed by atoms with van der Waals surface area (Å²) in [4.78, 5) is 78.5. The number of aliphatic hydroxyl groups excluding tert-OH is 18. The van der Waals surface area contributed by atoms with Crippen LogP contribution in [0.25, 0.3) is 0 Å². The molecule has 7 saturated heterocycles. The maximum atomic E-state index is 14.0. The highest BCUT2D eigenvalue weighted by Crippen LogP contribution is 2.40. The van der Waals surface area contributed by atoms with Gasteiger partial charge in [0.2, 0.25) is 23.6 Å². The molecule has 0 aromatic heterocycles. The van der Waals surface area contributed by atoms with E-state index in [2.05, 4.69) is 26.6 Å². The molecule has 0 spiro atoms. The van der Waals surface area contributed by atoms with Gasteiger partial charge in [0.1, 0.15) is 164 Å². The monoisotopic (exact) mass is 1570 g/mol. The van der Waals surface area contributed by atoms with Crippen LogP contribution in [0.4, 0.5) is 0 Å². The van der Waals surface area contributed by atoms with Crippen LogP contribution in [0, 0.1) is 5.41 Å². The fraction of sp³-hybridized carbons (Fsp3) is 0.909. The molecule has 36 atom stereocenters. The van der Waals surface area contributed by atoms with Gasteiger partial charge in [-0.3, -0.25) is 28.8 Å². The van der Waals surface area contributed by atoms with Gasteiger partial charge in [0.15, 0.2) is 49.8 Å². The van der Waals surface area contributed by atoms with Gasteiger partial charge in [-0.25, -0.2) is 0 Å². The number of carbonyl (C=O) groups excluding carboxylic acids is 6. The number of amides is 4. The lowest BCUT2D eigenvalue weighted by Crippen LogP contribution is -2.71. The Morgan fingerprint density at radius 3 is 0.991 bits per heavy atom. The first-order valence-electron chi connectivity index (χ1n) is 35.9. The summed E-state index contributed by atoms with van der Waals surface area (Å²) in [5, 5.41) is 215. The third-order valence-corrected chi connectivity index (χ3v) is 18.5. The van der Waals surface area contributed by atoms with Gasteiger partial charge in [-0.15, -0.1) is 0 Å². The lowest BCUT2D eigenvalue weighted by Gasteiger charge is -2.51. The first-order valence-corrected chi connectivity index (χ1v) is 35.9. The van der Waals surface area contributed by atoms with Gasteiger partial charge < -0.3 is 180 Å². The molecule has 0 bridgehead atoms. The number of aliphatic hydroxyl groups is 18. The van der Waals surface area contributed by atoms with Crippen LogP contribution in [0.15, 0.2) is 0 Å². The van der Waals surface area contributed by atoms with Crippen LogP contribution in [0.5, 0.6) is 0 Å². The first kappa shape index (κ1) is 94.5. The van der Waals surface area contributed by atoms with E-state index in [1.165, 1.54) is 0 Å². The van der Waals surface area contributed by atoms with Crippen molar-refractivity contribution in [1.82, 2.24) is 26.6 Å². The highest BCUT2D eigenvalue weighted by molar-refractivity contribution is 5.93. The van der Waals surface area contributed by atoms with E-state index in [-0.39, 0.29) is 12.2 Å². The Balaban J connectivity index is 0.00000514. The van der Waals surface area contributed by atoms with E-state index in [0.717, 1.165) is 27.7 Å². The number of hydrogen-bond donors (Lipinski definition) is 23. The topological polar surface area (TPSA) is 647 Å². The van der Waals surface area contributed by atoms with Crippen molar-refractivity contribution in [2.24, 2.45) is 5.41 Å². The number of carbonyl (C=O) groups is 6. The zero-order valence-corrected chi connectivity index (χ0v) is 62.7. The second-order valence-electron chi connectivity index (χ2n) is 28.8. The molecular formula is C66H117N5O37. The molecule has 0 radical (unpaired) electrons. The molecule has 0 aromatic rings. The molecule has 628 valence electrons. The number of hydrogen-bond acceptors (Lipinski definition) is 38. The fourth-order valence-electron chi connectivity index (χ4n) is 13.4. The van der Waals surface area contributed by atoms with Crippen LogP contribution in [-0.4, -0.2) is 393 Å². The van der Waals surface area contributed by atoms with Gasteiger partial charge in [0, 0.05) is 51.5 Å². The summed E-state index contributed by atoms with van der Waals surface area (Å²) in [6, 6.07) is -8.00. The molecule has 4 amide bonds. The molecule has 0 saturated carbocycles. The third-order valence-electron chi connectivity index (χ3n) is 18.5. The minimum atomic E-state index is -2.58. The second kappa shape index (κ2) is 41.8. The summed E-state index contributed by atoms with van der Waals surface area (Å²) < 4.78 is 78.3. The van der Waals surface area contributed by atoms with E-state index in [0.29, 0.717) is 0 Å². The summed E-state index contributed by atoms with van der Waals surface area (Å²) in [5.74, 6) is -4.26. The van der Waals surface area contributed by atoms with Crippen LogP contribution < -0.4 is 26.6 Å². The maximum Gasteiger partial charge on any atom is 0.217 e. The summed E-state index contributed by atoms with van der Waals surface area (Å²) in [7, 11) is 0. The molecule has 7 aliphatic rings. The largest absolute Gasteiger partial charge is 0.394 e. The SMILES string of the molecule is CC.CC.CC(=O)NC1C(CC(=O)C[C@H](NC(C)(C)C)C(=O)C(C)(C)C)OC(CO)C(OC2OC(CO)C(OC3OC(OC4OC(CO)C(O)C(O)C4OC4OC(CO)C(O)C(O)C4NC(C)=O)C(O)C(OC4OC(CO)C(O)C(O)C4OC4OC(CO)C(O)C(O)C4NC(C)=O)C3O)C(O)C2NC(C)=O)C1O. The van der Waals surface area contributed by atoms with Crippen molar-refractivity contribution in [3.63, 3.8) is 0 Å². The molecule has 35 unspecified atom stereocenters. The molecule has 7 heterocycles. The Bertz CT molecular complexity index is 2820. The number of ketones is 2. The zero-order chi connectivity index (χ0) is 81.6. The summed E-state index contributed by atoms with van der Waals surface area (Å²) >= 11 is 0. The van der Waals surface area contributed by atoms with Gasteiger partial charge in [-0.05, 0) is 20.8 Å². The molecule has 7 fully saturated rings. The van der Waals surface area contributed by atoms with Crippen molar-refractivity contribution >= 4 is 35.2 Å². The van der Waals surface area contributed by atoms with E-state index in [9.17, 15) is 121 Å². The van der Waals surface area contributed by atoms with Crippen LogP contribution in [-0.2, 0) is 90.3 Å². The molecule has 0 aromatic carbocycles. The lowest BCUT2D eigenvalue weighted by atomic mass is 9.82. The van der Waals surface area contributed by atoms with Crippen molar-refractivity contribution in [1.29, 1.82) is 0 Å². The van der Waals surface area contributed by atoms with E-state index >= 15 is 0 Å². The van der Waals surface area contributed by atoms with E-state index < -0.39 is 307 Å². The van der Waals surface area contributed by atoms with Crippen molar-refractivity contribution in [3.05, 3.63) is 0 Å². The van der Waals surface area contributed by atoms with E-state index in [4.69, 9.17) is 61.6 Å². The van der Waals surface area contributed by atoms with Crippen LogP contribution in [0.1, 0.15) is 110 Å². The van der Waals surface area contributed by atoms with Gasteiger partial charge >= 0.3 is 0 Å². The molecule has 42 heteroatoms. The molecular weight excluding hydrogens is 1450 g/mol. The molecule has 7 rings (SSSR count). The smallest absolute Gasteiger partial charge is 0.217 e. The second-order valence-corrected chi connectivity index (χ2v) is 28.8. The Labute approximate surface area is 623 Å². The van der Waals surface area contributed by atoms with E-state index in [1.54, 1.807) is 41.5 Å². The average Bonchev–Trinajstić information content (AvgIpc) is 0.767. The molecule has 42 nitrogen and oxygen atoms in total. The predicted molar refractivity (Wildman–Crippen MR) is 359 cm³/mol. The average molecular weight is 1570 g/mol. The highest BCUT2D eigenvalue weighted by atomic mass is 16.8. The van der Waals surface area contributed by atoms with Crippen LogP contribution in [0.2, 0.25) is 0 Å². The van der Waals surface area contributed by atoms with Gasteiger partial charge in [0.25, 0.3) is 0 Å². The Morgan fingerprint density at radius 1 is 0.324 bits per heavy atom. The lowest BCUT2D eigenvalue weighted by molar-refractivity contribution is -0.432. The number of rotatable bonds is 28. The molecule has 108 heavy (non-hydrogen) atoms. The Morgan fingerprint density at radius 2 is 0.620 bits per heavy atom. The molecule has 0 aliphatic carbocycles. The van der Waals surface area contributed by atoms with Crippen LogP contribution in [0.3, 0.4) is 0 Å². The van der Waals surface area contributed by atoms with Crippen molar-refractivity contribution < 1.29 is 182 Å². The minimum absolute atomic E-state index is 0.300. The van der Waals surface area contributed by atoms with Crippen molar-refractivity contribution in [2.45, 2.75) is 336 Å². The fourth-order valence-corrected chi connectivity index (χ4v) is 13.4. The summed E-state index contributed by atoms with van der Waals surface area (Å²) in [6.45, 7) is 16.0. The van der Waals surface area contributed by atoms with Gasteiger partial charge in [-0.2, -0.15) is 0 Å². The molecule has 7 aliphatic heterocycles.